The van der Waals surface area contributed by atoms with E-state index < -0.39 is 0 Å². The Labute approximate surface area is 128 Å². The molecule has 0 spiro atoms. The van der Waals surface area contributed by atoms with Crippen LogP contribution < -0.4 is 5.32 Å². The Morgan fingerprint density at radius 3 is 2.37 bits per heavy atom. The van der Waals surface area contributed by atoms with Crippen molar-refractivity contribution in [3.05, 3.63) is 55.7 Å². The standard InChI is InChI=1S/C16H20BrNS/c1-4-11-6-7-13(8-12(11)5-2)16(18-3)14-9-15(17)19-10-14/h6-10,16,18H,4-5H2,1-3H3. The largest absolute Gasteiger partial charge is 0.309 e. The summed E-state index contributed by atoms with van der Waals surface area (Å²) in [4.78, 5) is 0. The van der Waals surface area contributed by atoms with Gasteiger partial charge in [-0.05, 0) is 69.5 Å². The fourth-order valence-corrected chi connectivity index (χ4v) is 3.70. The Morgan fingerprint density at radius 1 is 1.11 bits per heavy atom. The van der Waals surface area contributed by atoms with Crippen molar-refractivity contribution in [2.24, 2.45) is 0 Å². The maximum Gasteiger partial charge on any atom is 0.0701 e. The third kappa shape index (κ3) is 3.28. The number of hydrogen-bond donors (Lipinski definition) is 1. The molecule has 0 radical (unpaired) electrons. The van der Waals surface area contributed by atoms with E-state index in [-0.39, 0.29) is 6.04 Å². The van der Waals surface area contributed by atoms with Crippen LogP contribution in [0.5, 0.6) is 0 Å². The molecule has 0 aliphatic rings. The van der Waals surface area contributed by atoms with E-state index in [0.717, 1.165) is 12.8 Å². The van der Waals surface area contributed by atoms with E-state index in [1.807, 2.05) is 7.05 Å². The van der Waals surface area contributed by atoms with Crippen molar-refractivity contribution < 1.29 is 0 Å². The monoisotopic (exact) mass is 337 g/mol. The minimum atomic E-state index is 0.277. The van der Waals surface area contributed by atoms with Gasteiger partial charge >= 0.3 is 0 Å². The van der Waals surface area contributed by atoms with Gasteiger partial charge in [-0.15, -0.1) is 11.3 Å². The zero-order valence-corrected chi connectivity index (χ0v) is 14.1. The molecule has 2 aromatic rings. The molecular weight excluding hydrogens is 318 g/mol. The topological polar surface area (TPSA) is 12.0 Å². The van der Waals surface area contributed by atoms with E-state index in [1.165, 1.54) is 26.0 Å². The van der Waals surface area contributed by atoms with Crippen molar-refractivity contribution in [1.29, 1.82) is 0 Å². The van der Waals surface area contributed by atoms with Gasteiger partial charge in [-0.2, -0.15) is 0 Å². The summed E-state index contributed by atoms with van der Waals surface area (Å²) in [5.41, 5.74) is 5.61. The number of hydrogen-bond acceptors (Lipinski definition) is 2. The van der Waals surface area contributed by atoms with Gasteiger partial charge in [0.2, 0.25) is 0 Å². The van der Waals surface area contributed by atoms with Crippen LogP contribution >= 0.6 is 27.3 Å². The Balaban J connectivity index is 2.38. The van der Waals surface area contributed by atoms with Gasteiger partial charge in [0, 0.05) is 0 Å². The van der Waals surface area contributed by atoms with E-state index in [1.54, 1.807) is 11.3 Å². The highest BCUT2D eigenvalue weighted by Gasteiger charge is 2.14. The molecule has 1 heterocycles. The average molecular weight is 338 g/mol. The second-order valence-corrected chi connectivity index (χ2v) is 6.93. The number of thiophene rings is 1. The maximum atomic E-state index is 3.54. The molecule has 1 nitrogen and oxygen atoms in total. The van der Waals surface area contributed by atoms with Gasteiger partial charge in [0.05, 0.1) is 9.83 Å². The second-order valence-electron chi connectivity index (χ2n) is 4.64. The molecule has 2 rings (SSSR count). The van der Waals surface area contributed by atoms with E-state index in [4.69, 9.17) is 0 Å². The summed E-state index contributed by atoms with van der Waals surface area (Å²) in [6, 6.07) is 9.36. The van der Waals surface area contributed by atoms with Crippen molar-refractivity contribution in [2.75, 3.05) is 7.05 Å². The lowest BCUT2D eigenvalue weighted by atomic mass is 9.94. The lowest BCUT2D eigenvalue weighted by molar-refractivity contribution is 0.692. The molecule has 19 heavy (non-hydrogen) atoms. The molecule has 0 saturated heterocycles. The predicted molar refractivity (Wildman–Crippen MR) is 88.1 cm³/mol. The number of nitrogens with one attached hydrogen (secondary N) is 1. The smallest absolute Gasteiger partial charge is 0.0701 e. The van der Waals surface area contributed by atoms with Crippen LogP contribution in [0, 0.1) is 0 Å². The zero-order chi connectivity index (χ0) is 13.8. The first-order valence-corrected chi connectivity index (χ1v) is 8.39. The number of halogens is 1. The molecule has 0 saturated carbocycles. The Bertz CT molecular complexity index is 547. The molecular formula is C16H20BrNS. The molecule has 0 bridgehead atoms. The van der Waals surface area contributed by atoms with Gasteiger partial charge in [0.15, 0.2) is 0 Å². The molecule has 102 valence electrons. The van der Waals surface area contributed by atoms with Crippen molar-refractivity contribution in [3.63, 3.8) is 0 Å². The summed E-state index contributed by atoms with van der Waals surface area (Å²) < 4.78 is 1.18. The summed E-state index contributed by atoms with van der Waals surface area (Å²) in [6.07, 6.45) is 2.21. The van der Waals surface area contributed by atoms with Gasteiger partial charge in [-0.3, -0.25) is 0 Å². The highest BCUT2D eigenvalue weighted by Crippen LogP contribution is 2.30. The van der Waals surface area contributed by atoms with Crippen molar-refractivity contribution in [2.45, 2.75) is 32.7 Å². The summed E-state index contributed by atoms with van der Waals surface area (Å²) in [5, 5.41) is 5.64. The van der Waals surface area contributed by atoms with Crippen molar-refractivity contribution >= 4 is 27.3 Å². The summed E-state index contributed by atoms with van der Waals surface area (Å²) in [7, 11) is 2.02. The molecule has 1 aromatic carbocycles. The van der Waals surface area contributed by atoms with Gasteiger partial charge in [-0.25, -0.2) is 0 Å². The molecule has 1 aromatic heterocycles. The Morgan fingerprint density at radius 2 is 1.84 bits per heavy atom. The van der Waals surface area contributed by atoms with Crippen LogP contribution in [0.15, 0.2) is 33.4 Å². The first kappa shape index (κ1) is 14.8. The zero-order valence-electron chi connectivity index (χ0n) is 11.7. The fraction of sp³-hybridized carbons (Fsp3) is 0.375. The van der Waals surface area contributed by atoms with Crippen molar-refractivity contribution in [3.8, 4) is 0 Å². The van der Waals surface area contributed by atoms with E-state index in [0.29, 0.717) is 0 Å². The Hall–Kier alpha value is -0.640. The quantitative estimate of drug-likeness (QED) is 0.814. The lowest BCUT2D eigenvalue weighted by Gasteiger charge is -2.18. The molecule has 1 atom stereocenters. The maximum absolute atomic E-state index is 3.54. The van der Waals surface area contributed by atoms with Crippen LogP contribution in [0.4, 0.5) is 0 Å². The van der Waals surface area contributed by atoms with Crippen LogP contribution in [-0.4, -0.2) is 7.05 Å². The van der Waals surface area contributed by atoms with Gasteiger partial charge in [0.25, 0.3) is 0 Å². The minimum Gasteiger partial charge on any atom is -0.309 e. The Kier molecular flexibility index (Phi) is 5.20. The molecule has 0 amide bonds. The molecule has 1 N–H and O–H groups in total. The summed E-state index contributed by atoms with van der Waals surface area (Å²) in [5.74, 6) is 0. The highest BCUT2D eigenvalue weighted by molar-refractivity contribution is 9.11. The van der Waals surface area contributed by atoms with Gasteiger partial charge in [-0.1, -0.05) is 32.0 Å². The average Bonchev–Trinajstić information content (AvgIpc) is 2.86. The summed E-state index contributed by atoms with van der Waals surface area (Å²) >= 11 is 5.28. The third-order valence-electron chi connectivity index (χ3n) is 3.54. The first-order chi connectivity index (χ1) is 9.19. The first-order valence-electron chi connectivity index (χ1n) is 6.72. The predicted octanol–water partition coefficient (Wildman–Crippen LogP) is 4.94. The van der Waals surface area contributed by atoms with Gasteiger partial charge in [0.1, 0.15) is 0 Å². The number of rotatable bonds is 5. The number of aryl methyl sites for hydroxylation is 2. The van der Waals surface area contributed by atoms with Crippen LogP contribution in [0.1, 0.15) is 42.1 Å². The third-order valence-corrected chi connectivity index (χ3v) is 5.06. The van der Waals surface area contributed by atoms with Crippen LogP contribution in [-0.2, 0) is 12.8 Å². The number of benzene rings is 1. The van der Waals surface area contributed by atoms with Crippen LogP contribution in [0.25, 0.3) is 0 Å². The van der Waals surface area contributed by atoms with Gasteiger partial charge < -0.3 is 5.32 Å². The second kappa shape index (κ2) is 6.69. The highest BCUT2D eigenvalue weighted by atomic mass is 79.9. The summed E-state index contributed by atoms with van der Waals surface area (Å²) in [6.45, 7) is 4.45. The fourth-order valence-electron chi connectivity index (χ4n) is 2.50. The van der Waals surface area contributed by atoms with Crippen LogP contribution in [0.3, 0.4) is 0 Å². The van der Waals surface area contributed by atoms with E-state index in [2.05, 4.69) is 64.7 Å². The van der Waals surface area contributed by atoms with Crippen molar-refractivity contribution in [1.82, 2.24) is 5.32 Å². The molecule has 0 aliphatic heterocycles. The van der Waals surface area contributed by atoms with E-state index in [9.17, 15) is 0 Å². The molecule has 3 heteroatoms. The SMILES string of the molecule is CCc1ccc(C(NC)c2csc(Br)c2)cc1CC. The minimum absolute atomic E-state index is 0.277. The van der Waals surface area contributed by atoms with Crippen LogP contribution in [0.2, 0.25) is 0 Å². The molecule has 1 unspecified atom stereocenters. The lowest BCUT2D eigenvalue weighted by Crippen LogP contribution is -2.17. The normalized spacial score (nSPS) is 12.6. The molecule has 0 fully saturated rings. The molecule has 0 aliphatic carbocycles. The van der Waals surface area contributed by atoms with E-state index >= 15 is 0 Å².